The predicted octanol–water partition coefficient (Wildman–Crippen LogP) is 3.08. The van der Waals surface area contributed by atoms with Crippen LogP contribution in [0.15, 0.2) is 54.1 Å². The maximum atomic E-state index is 12.2. The van der Waals surface area contributed by atoms with Gasteiger partial charge in [-0.1, -0.05) is 24.3 Å². The standard InChI is InChI=1S/C20H17N3O6/c1-13(19(24)22-17-5-3-4-6-18(17)23(26)27)29-20(25)15(12-21)11-14-7-9-16(28-2)10-8-14/h3-11,13H,1-2H3,(H,22,24)/b15-11+/t13-/m0/s1. The number of ether oxygens (including phenoxy) is 2. The number of nitriles is 1. The van der Waals surface area contributed by atoms with E-state index in [4.69, 9.17) is 9.47 Å². The number of anilines is 1. The number of nitro benzene ring substituents is 1. The van der Waals surface area contributed by atoms with Crippen LogP contribution in [0.2, 0.25) is 0 Å². The average molecular weight is 395 g/mol. The van der Waals surface area contributed by atoms with Gasteiger partial charge in [0.15, 0.2) is 6.10 Å². The Morgan fingerprint density at radius 2 is 1.86 bits per heavy atom. The normalized spacial score (nSPS) is 11.7. The highest BCUT2D eigenvalue weighted by atomic mass is 16.6. The van der Waals surface area contributed by atoms with Crippen molar-refractivity contribution in [2.75, 3.05) is 12.4 Å². The van der Waals surface area contributed by atoms with E-state index in [1.165, 1.54) is 44.4 Å². The van der Waals surface area contributed by atoms with Gasteiger partial charge in [-0.3, -0.25) is 14.9 Å². The molecule has 0 spiro atoms. The molecule has 9 nitrogen and oxygen atoms in total. The third kappa shape index (κ3) is 5.64. The number of hydrogen-bond donors (Lipinski definition) is 1. The van der Waals surface area contributed by atoms with Gasteiger partial charge in [-0.25, -0.2) is 4.79 Å². The summed E-state index contributed by atoms with van der Waals surface area (Å²) in [7, 11) is 1.51. The zero-order valence-corrected chi connectivity index (χ0v) is 15.6. The molecular weight excluding hydrogens is 378 g/mol. The first kappa shape index (κ1) is 21.1. The minimum absolute atomic E-state index is 0.0281. The Balaban J connectivity index is 2.08. The molecule has 2 rings (SSSR count). The molecule has 0 unspecified atom stereocenters. The van der Waals surface area contributed by atoms with Gasteiger partial charge in [0.25, 0.3) is 11.6 Å². The largest absolute Gasteiger partial charge is 0.497 e. The Morgan fingerprint density at radius 1 is 1.21 bits per heavy atom. The van der Waals surface area contributed by atoms with Crippen molar-refractivity contribution in [2.24, 2.45) is 0 Å². The van der Waals surface area contributed by atoms with Crippen LogP contribution in [0.5, 0.6) is 5.75 Å². The van der Waals surface area contributed by atoms with Crippen molar-refractivity contribution >= 4 is 29.3 Å². The highest BCUT2D eigenvalue weighted by Gasteiger charge is 2.23. The summed E-state index contributed by atoms with van der Waals surface area (Å²) in [5, 5.41) is 22.6. The average Bonchev–Trinajstić information content (AvgIpc) is 2.72. The smallest absolute Gasteiger partial charge is 0.349 e. The van der Waals surface area contributed by atoms with E-state index in [-0.39, 0.29) is 16.9 Å². The molecule has 0 saturated heterocycles. The van der Waals surface area contributed by atoms with E-state index in [1.54, 1.807) is 30.3 Å². The van der Waals surface area contributed by atoms with Gasteiger partial charge in [0.1, 0.15) is 23.1 Å². The van der Waals surface area contributed by atoms with Crippen molar-refractivity contribution in [3.05, 3.63) is 69.8 Å². The molecule has 0 saturated carbocycles. The molecule has 0 aliphatic rings. The Bertz CT molecular complexity index is 992. The highest BCUT2D eigenvalue weighted by molar-refractivity contribution is 6.01. The quantitative estimate of drug-likeness (QED) is 0.250. The van der Waals surface area contributed by atoms with Crippen molar-refractivity contribution in [3.8, 4) is 11.8 Å². The molecule has 0 aliphatic carbocycles. The number of amides is 1. The molecule has 2 aromatic carbocycles. The molecule has 0 aromatic heterocycles. The number of nitrogens with one attached hydrogen (secondary N) is 1. The van der Waals surface area contributed by atoms with Gasteiger partial charge in [-0.05, 0) is 36.8 Å². The lowest BCUT2D eigenvalue weighted by Gasteiger charge is -2.13. The molecule has 0 fully saturated rings. The molecule has 1 amide bonds. The second kappa shape index (κ2) is 9.66. The highest BCUT2D eigenvalue weighted by Crippen LogP contribution is 2.23. The first-order valence-corrected chi connectivity index (χ1v) is 8.36. The fourth-order valence-corrected chi connectivity index (χ4v) is 2.25. The Labute approximate surface area is 166 Å². The number of methoxy groups -OCH3 is 1. The summed E-state index contributed by atoms with van der Waals surface area (Å²) in [6.45, 7) is 1.30. The lowest BCUT2D eigenvalue weighted by Crippen LogP contribution is -2.30. The van der Waals surface area contributed by atoms with Crippen LogP contribution in [0.1, 0.15) is 12.5 Å². The van der Waals surface area contributed by atoms with Crippen molar-refractivity contribution in [1.29, 1.82) is 5.26 Å². The molecule has 0 radical (unpaired) electrons. The van der Waals surface area contributed by atoms with Crippen LogP contribution in [0.3, 0.4) is 0 Å². The fourth-order valence-electron chi connectivity index (χ4n) is 2.25. The third-order valence-electron chi connectivity index (χ3n) is 3.78. The van der Waals surface area contributed by atoms with Gasteiger partial charge >= 0.3 is 5.97 Å². The molecule has 1 atom stereocenters. The third-order valence-corrected chi connectivity index (χ3v) is 3.78. The second-order valence-electron chi connectivity index (χ2n) is 5.75. The van der Waals surface area contributed by atoms with Gasteiger partial charge in [-0.15, -0.1) is 0 Å². The zero-order valence-electron chi connectivity index (χ0n) is 15.6. The van der Waals surface area contributed by atoms with Gasteiger partial charge < -0.3 is 14.8 Å². The van der Waals surface area contributed by atoms with Gasteiger partial charge in [0.2, 0.25) is 0 Å². The van der Waals surface area contributed by atoms with E-state index in [9.17, 15) is 25.0 Å². The van der Waals surface area contributed by atoms with E-state index >= 15 is 0 Å². The monoisotopic (exact) mass is 395 g/mol. The van der Waals surface area contributed by atoms with Gasteiger partial charge in [0.05, 0.1) is 12.0 Å². The molecule has 2 aromatic rings. The second-order valence-corrected chi connectivity index (χ2v) is 5.75. The lowest BCUT2D eigenvalue weighted by atomic mass is 10.1. The summed E-state index contributed by atoms with van der Waals surface area (Å²) in [6.07, 6.45) is 0.0315. The number of benzene rings is 2. The number of hydrogen-bond acceptors (Lipinski definition) is 7. The van der Waals surface area contributed by atoms with Crippen molar-refractivity contribution in [3.63, 3.8) is 0 Å². The van der Waals surface area contributed by atoms with Crippen molar-refractivity contribution in [1.82, 2.24) is 0 Å². The van der Waals surface area contributed by atoms with Crippen LogP contribution in [-0.2, 0) is 14.3 Å². The fraction of sp³-hybridized carbons (Fsp3) is 0.150. The van der Waals surface area contributed by atoms with Crippen molar-refractivity contribution in [2.45, 2.75) is 13.0 Å². The van der Waals surface area contributed by atoms with E-state index in [1.807, 2.05) is 0 Å². The number of para-hydroxylation sites is 2. The summed E-state index contributed by atoms with van der Waals surface area (Å²) < 4.78 is 10.1. The van der Waals surface area contributed by atoms with Crippen LogP contribution < -0.4 is 10.1 Å². The number of rotatable bonds is 7. The summed E-state index contributed by atoms with van der Waals surface area (Å²) in [4.78, 5) is 34.8. The number of nitrogens with zero attached hydrogens (tertiary/aromatic N) is 2. The predicted molar refractivity (Wildman–Crippen MR) is 104 cm³/mol. The number of esters is 1. The maximum absolute atomic E-state index is 12.2. The minimum Gasteiger partial charge on any atom is -0.497 e. The first-order chi connectivity index (χ1) is 13.8. The summed E-state index contributed by atoms with van der Waals surface area (Å²) in [5.41, 5.74) is -0.0620. The van der Waals surface area contributed by atoms with Crippen LogP contribution in [0.25, 0.3) is 6.08 Å². The van der Waals surface area contributed by atoms with Crippen LogP contribution in [0, 0.1) is 21.4 Å². The minimum atomic E-state index is -1.28. The molecule has 1 N–H and O–H groups in total. The number of carbonyl (C=O) groups is 2. The van der Waals surface area contributed by atoms with Crippen molar-refractivity contribution < 1.29 is 24.0 Å². The molecular formula is C20H17N3O6. The topological polar surface area (TPSA) is 132 Å². The Morgan fingerprint density at radius 3 is 2.45 bits per heavy atom. The molecule has 9 heteroatoms. The molecule has 148 valence electrons. The Hall–Kier alpha value is -4.19. The molecule has 29 heavy (non-hydrogen) atoms. The molecule has 0 aliphatic heterocycles. The van der Waals surface area contributed by atoms with E-state index in [0.29, 0.717) is 11.3 Å². The lowest BCUT2D eigenvalue weighted by molar-refractivity contribution is -0.383. The summed E-state index contributed by atoms with van der Waals surface area (Å²) >= 11 is 0. The van der Waals surface area contributed by atoms with Crippen LogP contribution in [-0.4, -0.2) is 30.0 Å². The number of carbonyl (C=O) groups excluding carboxylic acids is 2. The SMILES string of the molecule is COc1ccc(/C=C(\C#N)C(=O)O[C@@H](C)C(=O)Nc2ccccc2[N+](=O)[O-])cc1. The van der Waals surface area contributed by atoms with Crippen LogP contribution in [0.4, 0.5) is 11.4 Å². The van der Waals surface area contributed by atoms with Gasteiger partial charge in [-0.2, -0.15) is 5.26 Å². The van der Waals surface area contributed by atoms with E-state index < -0.39 is 22.9 Å². The summed E-state index contributed by atoms with van der Waals surface area (Å²) in [5.74, 6) is -1.15. The summed E-state index contributed by atoms with van der Waals surface area (Å²) in [6, 6.07) is 13.9. The maximum Gasteiger partial charge on any atom is 0.349 e. The molecule has 0 bridgehead atoms. The van der Waals surface area contributed by atoms with Gasteiger partial charge in [0, 0.05) is 6.07 Å². The van der Waals surface area contributed by atoms with E-state index in [0.717, 1.165) is 0 Å². The zero-order chi connectivity index (χ0) is 21.4. The van der Waals surface area contributed by atoms with E-state index in [2.05, 4.69) is 5.32 Å². The number of nitro groups is 1. The van der Waals surface area contributed by atoms with Crippen LogP contribution >= 0.6 is 0 Å². The molecule has 0 heterocycles. The Kier molecular flexibility index (Phi) is 7.03. The first-order valence-electron chi connectivity index (χ1n) is 8.36.